The average Bonchev–Trinajstić information content (AvgIpc) is 3.01. The molecule has 0 saturated heterocycles. The predicted molar refractivity (Wildman–Crippen MR) is 133 cm³/mol. The molecule has 0 unspecified atom stereocenters. The molecule has 0 radical (unpaired) electrons. The van der Waals surface area contributed by atoms with Crippen LogP contribution in [0.2, 0.25) is 0 Å². The molecule has 1 heteroatoms. The van der Waals surface area contributed by atoms with Crippen molar-refractivity contribution < 1.29 is 0 Å². The fraction of sp³-hybridized carbons (Fsp3) is 0.172. The van der Waals surface area contributed by atoms with Crippen LogP contribution in [-0.4, -0.2) is 6.71 Å². The normalized spacial score (nSPS) is 14.4. The maximum atomic E-state index is 4.04. The Kier molecular flexibility index (Phi) is 5.64. The third-order valence-electron chi connectivity index (χ3n) is 6.34. The monoisotopic (exact) mass is 388 g/mol. The van der Waals surface area contributed by atoms with Gasteiger partial charge in [-0.1, -0.05) is 127 Å². The van der Waals surface area contributed by atoms with Crippen molar-refractivity contribution in [3.8, 4) is 11.1 Å². The van der Waals surface area contributed by atoms with Crippen LogP contribution in [0.25, 0.3) is 11.1 Å². The molecule has 1 aliphatic rings. The minimum Gasteiger partial charge on any atom is -0.103 e. The molecule has 0 aliphatic heterocycles. The summed E-state index contributed by atoms with van der Waals surface area (Å²) in [6.07, 6.45) is 9.39. The fourth-order valence-electron chi connectivity index (χ4n) is 4.93. The zero-order chi connectivity index (χ0) is 21.1. The predicted octanol–water partition coefficient (Wildman–Crippen LogP) is 6.22. The third-order valence-corrected chi connectivity index (χ3v) is 6.34. The molecule has 0 amide bonds. The molecule has 3 aromatic rings. The van der Waals surface area contributed by atoms with Crippen molar-refractivity contribution >= 4 is 17.6 Å². The lowest BCUT2D eigenvalue weighted by molar-refractivity contribution is 0.660. The first-order valence-electron chi connectivity index (χ1n) is 10.8. The van der Waals surface area contributed by atoms with Crippen molar-refractivity contribution in [2.24, 2.45) is 0 Å². The first-order valence-corrected chi connectivity index (χ1v) is 10.8. The van der Waals surface area contributed by atoms with Gasteiger partial charge >= 0.3 is 0 Å². The van der Waals surface area contributed by atoms with Gasteiger partial charge in [0.25, 0.3) is 0 Å². The summed E-state index contributed by atoms with van der Waals surface area (Å²) in [6, 6.07) is 26.7. The lowest BCUT2D eigenvalue weighted by Gasteiger charge is -2.24. The first-order chi connectivity index (χ1) is 14.6. The Morgan fingerprint density at radius 1 is 0.900 bits per heavy atom. The lowest BCUT2D eigenvalue weighted by atomic mass is 9.34. The van der Waals surface area contributed by atoms with Crippen molar-refractivity contribution in [2.75, 3.05) is 0 Å². The zero-order valence-corrected chi connectivity index (χ0v) is 18.2. The van der Waals surface area contributed by atoms with E-state index in [1.807, 2.05) is 6.08 Å². The molecule has 0 aromatic heterocycles. The molecule has 0 atom stereocenters. The van der Waals surface area contributed by atoms with Gasteiger partial charge in [-0.15, -0.1) is 6.58 Å². The van der Waals surface area contributed by atoms with Gasteiger partial charge in [0.15, 0.2) is 0 Å². The van der Waals surface area contributed by atoms with Crippen LogP contribution in [0.1, 0.15) is 38.3 Å². The molecular formula is C29H29B. The highest BCUT2D eigenvalue weighted by atomic mass is 14.4. The Balaban J connectivity index is 2.02. The number of fused-ring (bicyclic) bond motifs is 3. The van der Waals surface area contributed by atoms with Gasteiger partial charge in [-0.3, -0.25) is 0 Å². The van der Waals surface area contributed by atoms with Gasteiger partial charge in [0, 0.05) is 5.41 Å². The van der Waals surface area contributed by atoms with E-state index in [9.17, 15) is 0 Å². The van der Waals surface area contributed by atoms with E-state index in [0.717, 1.165) is 6.42 Å². The highest BCUT2D eigenvalue weighted by molar-refractivity contribution is 6.91. The number of hydrogen-bond acceptors (Lipinski definition) is 0. The third kappa shape index (κ3) is 3.39. The minimum absolute atomic E-state index is 0.00874. The summed E-state index contributed by atoms with van der Waals surface area (Å²) in [7, 11) is 0. The number of benzene rings is 3. The zero-order valence-electron chi connectivity index (χ0n) is 18.2. The minimum atomic E-state index is 0.00874. The van der Waals surface area contributed by atoms with Crippen LogP contribution < -0.4 is 10.9 Å². The average molecular weight is 388 g/mol. The second kappa shape index (κ2) is 8.36. The summed E-state index contributed by atoms with van der Waals surface area (Å²) < 4.78 is 0. The van der Waals surface area contributed by atoms with Gasteiger partial charge in [-0.25, -0.2) is 0 Å². The van der Waals surface area contributed by atoms with Gasteiger partial charge < -0.3 is 0 Å². The summed E-state index contributed by atoms with van der Waals surface area (Å²) in [4.78, 5) is 0. The van der Waals surface area contributed by atoms with Crippen LogP contribution in [0.4, 0.5) is 0 Å². The van der Waals surface area contributed by atoms with Gasteiger partial charge in [-0.05, 0) is 35.6 Å². The van der Waals surface area contributed by atoms with Crippen LogP contribution in [0.15, 0.2) is 109 Å². The van der Waals surface area contributed by atoms with Crippen molar-refractivity contribution in [2.45, 2.75) is 32.6 Å². The Hall–Kier alpha value is -3.06. The maximum absolute atomic E-state index is 4.04. The van der Waals surface area contributed by atoms with Crippen molar-refractivity contribution in [1.29, 1.82) is 0 Å². The molecule has 148 valence electrons. The summed E-state index contributed by atoms with van der Waals surface area (Å²) in [5, 5.41) is 0. The number of allylic oxidation sites excluding steroid dienone is 5. The van der Waals surface area contributed by atoms with Crippen LogP contribution in [0, 0.1) is 0 Å². The van der Waals surface area contributed by atoms with E-state index in [1.54, 1.807) is 0 Å². The highest BCUT2D eigenvalue weighted by Gasteiger charge is 2.38. The van der Waals surface area contributed by atoms with Crippen molar-refractivity contribution in [3.05, 3.63) is 120 Å². The molecule has 0 spiro atoms. The molecule has 3 aromatic carbocycles. The fourth-order valence-corrected chi connectivity index (χ4v) is 4.93. The van der Waals surface area contributed by atoms with E-state index in [4.69, 9.17) is 0 Å². The lowest BCUT2D eigenvalue weighted by Crippen LogP contribution is -2.45. The molecule has 0 N–H and O–H groups in total. The van der Waals surface area contributed by atoms with Gasteiger partial charge in [0.2, 0.25) is 6.71 Å². The van der Waals surface area contributed by atoms with Crippen LogP contribution in [0.3, 0.4) is 0 Å². The largest absolute Gasteiger partial charge is 0.238 e. The topological polar surface area (TPSA) is 0 Å². The smallest absolute Gasteiger partial charge is 0.103 e. The summed E-state index contributed by atoms with van der Waals surface area (Å²) in [6.45, 7) is 11.0. The second-order valence-corrected chi connectivity index (χ2v) is 8.54. The molecule has 0 heterocycles. The number of hydrogen-bond donors (Lipinski definition) is 0. The molecule has 0 bridgehead atoms. The summed E-state index contributed by atoms with van der Waals surface area (Å²) in [5.74, 6) is 0. The summed E-state index contributed by atoms with van der Waals surface area (Å²) in [5.41, 5.74) is 9.70. The highest BCUT2D eigenvalue weighted by Crippen LogP contribution is 2.47. The van der Waals surface area contributed by atoms with Crippen molar-refractivity contribution in [1.82, 2.24) is 0 Å². The molecule has 30 heavy (non-hydrogen) atoms. The van der Waals surface area contributed by atoms with E-state index >= 15 is 0 Å². The quantitative estimate of drug-likeness (QED) is 0.267. The van der Waals surface area contributed by atoms with E-state index in [0.29, 0.717) is 0 Å². The molecule has 0 nitrogen and oxygen atoms in total. The Morgan fingerprint density at radius 2 is 1.60 bits per heavy atom. The van der Waals surface area contributed by atoms with E-state index in [1.165, 1.54) is 38.7 Å². The van der Waals surface area contributed by atoms with E-state index < -0.39 is 0 Å². The van der Waals surface area contributed by atoms with E-state index in [-0.39, 0.29) is 12.1 Å². The van der Waals surface area contributed by atoms with Gasteiger partial charge in [0.1, 0.15) is 0 Å². The van der Waals surface area contributed by atoms with E-state index in [2.05, 4.69) is 118 Å². The SMILES string of the molecule is C=CC/C(=C\C=C/C)B(c1ccccc1)c1cccc2c1-c1ccccc1C2(C)C. The second-order valence-electron chi connectivity index (χ2n) is 8.54. The Morgan fingerprint density at radius 3 is 2.33 bits per heavy atom. The van der Waals surface area contributed by atoms with Crippen LogP contribution in [-0.2, 0) is 5.41 Å². The molecular weight excluding hydrogens is 359 g/mol. The molecule has 0 fully saturated rings. The number of rotatable bonds is 6. The standard InChI is InChI=1S/C29H29B/c1-5-7-15-22(14-6-2)30(23-16-9-8-10-17-23)27-21-13-20-26-28(27)24-18-11-12-19-25(24)29(26,3)4/h5-13,15-21H,2,14H2,1,3-4H3/b7-5-,22-15+. The maximum Gasteiger partial charge on any atom is 0.238 e. The first kappa shape index (κ1) is 20.2. The van der Waals surface area contributed by atoms with Crippen LogP contribution >= 0.6 is 0 Å². The van der Waals surface area contributed by atoms with Gasteiger partial charge in [-0.2, -0.15) is 0 Å². The molecule has 0 saturated carbocycles. The summed E-state index contributed by atoms with van der Waals surface area (Å²) >= 11 is 0. The van der Waals surface area contributed by atoms with Gasteiger partial charge in [0.05, 0.1) is 0 Å². The Bertz CT molecular complexity index is 1120. The van der Waals surface area contributed by atoms with Crippen molar-refractivity contribution in [3.63, 3.8) is 0 Å². The van der Waals surface area contributed by atoms with Crippen LogP contribution in [0.5, 0.6) is 0 Å². The molecule has 4 rings (SSSR count). The Labute approximate surface area is 181 Å². The molecule has 1 aliphatic carbocycles.